The fourth-order valence-corrected chi connectivity index (χ4v) is 5.03. The third-order valence-corrected chi connectivity index (χ3v) is 6.84. The number of ether oxygens (including phenoxy) is 1. The molecular weight excluding hydrogens is 476 g/mol. The highest BCUT2D eigenvalue weighted by molar-refractivity contribution is 8.01. The monoisotopic (exact) mass is 494 g/mol. The summed E-state index contributed by atoms with van der Waals surface area (Å²) >= 11 is 2.62. The summed E-state index contributed by atoms with van der Waals surface area (Å²) in [5, 5.41) is 16.5. The molecule has 11 heteroatoms. The molecule has 0 bridgehead atoms. The average molecular weight is 495 g/mol. The largest absolute Gasteiger partial charge is 0.496 e. The van der Waals surface area contributed by atoms with Crippen molar-refractivity contribution in [2.24, 2.45) is 0 Å². The number of hydrogen-bond donors (Lipinski definition) is 2. The quantitative estimate of drug-likeness (QED) is 0.196. The number of carbonyl (C=O) groups excluding carboxylic acids is 2. The molecule has 4 aromatic rings. The lowest BCUT2D eigenvalue weighted by atomic mass is 10.2. The summed E-state index contributed by atoms with van der Waals surface area (Å²) in [7, 11) is 1.51. The van der Waals surface area contributed by atoms with E-state index in [9.17, 15) is 19.7 Å². The van der Waals surface area contributed by atoms with Crippen LogP contribution >= 0.6 is 23.1 Å². The number of thioether (sulfide) groups is 1. The van der Waals surface area contributed by atoms with Crippen LogP contribution in [0.25, 0.3) is 10.2 Å². The summed E-state index contributed by atoms with van der Waals surface area (Å²) in [4.78, 5) is 40.0. The minimum atomic E-state index is -0.541. The van der Waals surface area contributed by atoms with Crippen molar-refractivity contribution in [3.05, 3.63) is 82.4 Å². The number of rotatable bonds is 8. The van der Waals surface area contributed by atoms with E-state index in [2.05, 4.69) is 15.6 Å². The number of nitro benzene ring substituents is 1. The van der Waals surface area contributed by atoms with E-state index in [1.54, 1.807) is 42.5 Å². The first-order chi connectivity index (χ1) is 16.4. The van der Waals surface area contributed by atoms with Crippen LogP contribution in [-0.4, -0.2) is 34.6 Å². The van der Waals surface area contributed by atoms with Gasteiger partial charge in [-0.25, -0.2) is 4.98 Å². The van der Waals surface area contributed by atoms with Gasteiger partial charge in [-0.1, -0.05) is 36.0 Å². The van der Waals surface area contributed by atoms with Gasteiger partial charge in [-0.3, -0.25) is 19.7 Å². The molecule has 0 aliphatic rings. The Labute approximate surface area is 202 Å². The third kappa shape index (κ3) is 5.33. The zero-order valence-corrected chi connectivity index (χ0v) is 19.4. The summed E-state index contributed by atoms with van der Waals surface area (Å²) in [5.41, 5.74) is 1.76. The van der Waals surface area contributed by atoms with Gasteiger partial charge in [0.2, 0.25) is 5.91 Å². The van der Waals surface area contributed by atoms with E-state index in [-0.39, 0.29) is 28.9 Å². The molecule has 3 aromatic carbocycles. The molecule has 0 radical (unpaired) electrons. The second kappa shape index (κ2) is 10.3. The van der Waals surface area contributed by atoms with E-state index in [0.717, 1.165) is 10.2 Å². The lowest BCUT2D eigenvalue weighted by Crippen LogP contribution is -2.15. The molecule has 2 amide bonds. The molecular formula is C23H18N4O5S2. The Balaban J connectivity index is 1.41. The first-order valence-corrected chi connectivity index (χ1v) is 11.8. The number of thiazole rings is 1. The number of amides is 2. The Morgan fingerprint density at radius 3 is 2.65 bits per heavy atom. The molecule has 0 fully saturated rings. The van der Waals surface area contributed by atoms with Crippen LogP contribution in [0, 0.1) is 10.1 Å². The number of aromatic nitrogens is 1. The fourth-order valence-electron chi connectivity index (χ4n) is 3.13. The van der Waals surface area contributed by atoms with Crippen LogP contribution in [0.3, 0.4) is 0 Å². The van der Waals surface area contributed by atoms with Crippen molar-refractivity contribution >= 4 is 62.2 Å². The molecule has 0 unspecified atom stereocenters. The van der Waals surface area contributed by atoms with Gasteiger partial charge >= 0.3 is 0 Å². The number of benzene rings is 3. The van der Waals surface area contributed by atoms with Crippen LogP contribution in [0.5, 0.6) is 5.75 Å². The molecule has 9 nitrogen and oxygen atoms in total. The first kappa shape index (κ1) is 23.2. The highest BCUT2D eigenvalue weighted by atomic mass is 32.2. The van der Waals surface area contributed by atoms with Crippen LogP contribution in [0.1, 0.15) is 10.4 Å². The number of carbonyl (C=O) groups is 2. The fraction of sp³-hybridized carbons (Fsp3) is 0.0870. The summed E-state index contributed by atoms with van der Waals surface area (Å²) in [6.07, 6.45) is 0. The van der Waals surface area contributed by atoms with Gasteiger partial charge < -0.3 is 15.4 Å². The molecule has 1 aromatic heterocycles. The Hall–Kier alpha value is -3.96. The summed E-state index contributed by atoms with van der Waals surface area (Å²) < 4.78 is 6.76. The molecule has 0 atom stereocenters. The minimum absolute atomic E-state index is 0.0449. The molecule has 0 aliphatic carbocycles. The number of para-hydroxylation sites is 3. The molecule has 2 N–H and O–H groups in total. The standard InChI is InChI=1S/C23H18N4O5S2/c1-32-19-9-5-2-6-15(19)22(29)24-14-10-11-17-20(12-14)34-23(26-17)33-13-21(28)25-16-7-3-4-8-18(16)27(30)31/h2-12H,13H2,1H3,(H,24,29)(H,25,28). The number of methoxy groups -OCH3 is 1. The molecule has 1 heterocycles. The summed E-state index contributed by atoms with van der Waals surface area (Å²) in [5.74, 6) is -0.133. The number of nitrogens with one attached hydrogen (secondary N) is 2. The van der Waals surface area contributed by atoms with Crippen LogP contribution < -0.4 is 15.4 Å². The Kier molecular flexibility index (Phi) is 7.04. The Morgan fingerprint density at radius 1 is 1.09 bits per heavy atom. The van der Waals surface area contributed by atoms with Gasteiger partial charge in [0.25, 0.3) is 11.6 Å². The molecule has 0 aliphatic heterocycles. The van der Waals surface area contributed by atoms with Crippen molar-refractivity contribution in [1.29, 1.82) is 0 Å². The van der Waals surface area contributed by atoms with Crippen LogP contribution in [0.4, 0.5) is 17.1 Å². The molecule has 4 rings (SSSR count). The molecule has 172 valence electrons. The molecule has 34 heavy (non-hydrogen) atoms. The van der Waals surface area contributed by atoms with Crippen LogP contribution in [0.2, 0.25) is 0 Å². The van der Waals surface area contributed by atoms with Gasteiger partial charge in [-0.15, -0.1) is 11.3 Å². The second-order valence-electron chi connectivity index (χ2n) is 6.93. The van der Waals surface area contributed by atoms with E-state index in [1.165, 1.54) is 48.4 Å². The second-order valence-corrected chi connectivity index (χ2v) is 9.18. The number of fused-ring (bicyclic) bond motifs is 1. The lowest BCUT2D eigenvalue weighted by molar-refractivity contribution is -0.383. The first-order valence-electron chi connectivity index (χ1n) is 9.95. The van der Waals surface area contributed by atoms with Crippen LogP contribution in [-0.2, 0) is 4.79 Å². The summed E-state index contributed by atoms with van der Waals surface area (Å²) in [6, 6.07) is 18.3. The van der Waals surface area contributed by atoms with Crippen molar-refractivity contribution < 1.29 is 19.2 Å². The maximum atomic E-state index is 12.6. The van der Waals surface area contributed by atoms with Gasteiger partial charge in [0.15, 0.2) is 4.34 Å². The van der Waals surface area contributed by atoms with Gasteiger partial charge in [-0.05, 0) is 36.4 Å². The normalized spacial score (nSPS) is 10.6. The van der Waals surface area contributed by atoms with Crippen molar-refractivity contribution in [3.63, 3.8) is 0 Å². The predicted octanol–water partition coefficient (Wildman–Crippen LogP) is 5.20. The SMILES string of the molecule is COc1ccccc1C(=O)Nc1ccc2nc(SCC(=O)Nc3ccccc3[N+](=O)[O-])sc2c1. The number of anilines is 2. The van der Waals surface area contributed by atoms with Gasteiger partial charge in [0.05, 0.1) is 33.6 Å². The van der Waals surface area contributed by atoms with Crippen molar-refractivity contribution in [3.8, 4) is 5.75 Å². The third-order valence-electron chi connectivity index (χ3n) is 4.68. The van der Waals surface area contributed by atoms with Gasteiger partial charge in [-0.2, -0.15) is 0 Å². The Bertz CT molecular complexity index is 1390. The average Bonchev–Trinajstić information content (AvgIpc) is 3.25. The highest BCUT2D eigenvalue weighted by Gasteiger charge is 2.16. The zero-order valence-electron chi connectivity index (χ0n) is 17.8. The topological polar surface area (TPSA) is 123 Å². The minimum Gasteiger partial charge on any atom is -0.496 e. The van der Waals surface area contributed by atoms with E-state index in [1.807, 2.05) is 6.07 Å². The van der Waals surface area contributed by atoms with E-state index >= 15 is 0 Å². The van der Waals surface area contributed by atoms with Crippen molar-refractivity contribution in [2.45, 2.75) is 4.34 Å². The van der Waals surface area contributed by atoms with E-state index in [4.69, 9.17) is 4.74 Å². The maximum Gasteiger partial charge on any atom is 0.292 e. The highest BCUT2D eigenvalue weighted by Crippen LogP contribution is 2.32. The van der Waals surface area contributed by atoms with Gasteiger partial charge in [0, 0.05) is 11.8 Å². The number of nitro groups is 1. The molecule has 0 spiro atoms. The van der Waals surface area contributed by atoms with Crippen molar-refractivity contribution in [2.75, 3.05) is 23.5 Å². The zero-order chi connectivity index (χ0) is 24.1. The predicted molar refractivity (Wildman–Crippen MR) is 133 cm³/mol. The van der Waals surface area contributed by atoms with E-state index < -0.39 is 4.92 Å². The lowest BCUT2D eigenvalue weighted by Gasteiger charge is -2.09. The summed E-state index contributed by atoms with van der Waals surface area (Å²) in [6.45, 7) is 0. The smallest absolute Gasteiger partial charge is 0.292 e. The molecule has 0 saturated carbocycles. The number of hydrogen-bond acceptors (Lipinski definition) is 8. The van der Waals surface area contributed by atoms with Crippen LogP contribution in [0.15, 0.2) is 71.1 Å². The Morgan fingerprint density at radius 2 is 1.85 bits per heavy atom. The van der Waals surface area contributed by atoms with Crippen molar-refractivity contribution in [1.82, 2.24) is 4.98 Å². The molecule has 0 saturated heterocycles. The van der Waals surface area contributed by atoms with E-state index in [0.29, 0.717) is 21.3 Å². The number of nitrogens with zero attached hydrogens (tertiary/aromatic N) is 2. The maximum absolute atomic E-state index is 12.6. The van der Waals surface area contributed by atoms with Gasteiger partial charge in [0.1, 0.15) is 11.4 Å².